The lowest BCUT2D eigenvalue weighted by Crippen LogP contribution is -2.31. The summed E-state index contributed by atoms with van der Waals surface area (Å²) >= 11 is 0. The number of nitrogens with one attached hydrogen (secondary N) is 1. The SMILES string of the molecule is C=C(Nc1ccc(Oc2ccc(C)c(/C=C\C(C)C)c2)cc1)C1(C=O)CCCCC1.CO. The molecular weight excluding hydrogens is 398 g/mol. The fourth-order valence-electron chi connectivity index (χ4n) is 3.87. The third-order valence-corrected chi connectivity index (χ3v) is 5.87. The average Bonchev–Trinajstić information content (AvgIpc) is 2.82. The molecule has 4 heteroatoms. The van der Waals surface area contributed by atoms with Crippen LogP contribution >= 0.6 is 0 Å². The van der Waals surface area contributed by atoms with Gasteiger partial charge in [0.05, 0.1) is 5.41 Å². The van der Waals surface area contributed by atoms with Gasteiger partial charge in [-0.25, -0.2) is 0 Å². The van der Waals surface area contributed by atoms with Gasteiger partial charge < -0.3 is 20.0 Å². The first-order chi connectivity index (χ1) is 15.4. The highest BCUT2D eigenvalue weighted by atomic mass is 16.5. The van der Waals surface area contributed by atoms with Crippen LogP contribution in [0, 0.1) is 18.3 Å². The minimum absolute atomic E-state index is 0.435. The molecule has 0 amide bonds. The number of rotatable bonds is 8. The molecule has 2 aromatic carbocycles. The van der Waals surface area contributed by atoms with Crippen LogP contribution in [0.25, 0.3) is 6.08 Å². The molecule has 3 rings (SSSR count). The van der Waals surface area contributed by atoms with E-state index in [1.807, 2.05) is 30.3 Å². The number of aliphatic hydroxyl groups excluding tert-OH is 1. The predicted octanol–water partition coefficient (Wildman–Crippen LogP) is 7.14. The van der Waals surface area contributed by atoms with Gasteiger partial charge in [-0.05, 0) is 73.2 Å². The molecule has 0 spiro atoms. The van der Waals surface area contributed by atoms with Gasteiger partial charge in [0, 0.05) is 18.5 Å². The summed E-state index contributed by atoms with van der Waals surface area (Å²) in [7, 11) is 1.00. The number of hydrogen-bond donors (Lipinski definition) is 2. The van der Waals surface area contributed by atoms with Gasteiger partial charge >= 0.3 is 0 Å². The monoisotopic (exact) mass is 435 g/mol. The van der Waals surface area contributed by atoms with E-state index in [1.54, 1.807) is 0 Å². The molecule has 0 atom stereocenters. The molecule has 1 aliphatic rings. The predicted molar refractivity (Wildman–Crippen MR) is 134 cm³/mol. The van der Waals surface area contributed by atoms with Crippen molar-refractivity contribution in [2.24, 2.45) is 11.3 Å². The third-order valence-electron chi connectivity index (χ3n) is 5.87. The quantitative estimate of drug-likeness (QED) is 0.433. The fraction of sp³-hybridized carbons (Fsp3) is 0.393. The topological polar surface area (TPSA) is 58.6 Å². The Kier molecular flexibility index (Phi) is 9.73. The fourth-order valence-corrected chi connectivity index (χ4v) is 3.87. The maximum atomic E-state index is 11.8. The number of ether oxygens (including phenoxy) is 1. The van der Waals surface area contributed by atoms with Crippen LogP contribution in [0.3, 0.4) is 0 Å². The minimum Gasteiger partial charge on any atom is -0.457 e. The highest BCUT2D eigenvalue weighted by Gasteiger charge is 2.34. The summed E-state index contributed by atoms with van der Waals surface area (Å²) in [4.78, 5) is 11.8. The summed E-state index contributed by atoms with van der Waals surface area (Å²) in [5.41, 5.74) is 3.68. The Morgan fingerprint density at radius 1 is 1.06 bits per heavy atom. The molecule has 0 unspecified atom stereocenters. The lowest BCUT2D eigenvalue weighted by Gasteiger charge is -2.34. The molecule has 1 aliphatic carbocycles. The molecule has 0 aliphatic heterocycles. The Morgan fingerprint density at radius 3 is 2.28 bits per heavy atom. The molecular formula is C28H37NO3. The van der Waals surface area contributed by atoms with E-state index in [9.17, 15) is 4.79 Å². The number of allylic oxidation sites excluding steroid dienone is 2. The summed E-state index contributed by atoms with van der Waals surface area (Å²) in [6.45, 7) is 10.6. The highest BCUT2D eigenvalue weighted by Crippen LogP contribution is 2.40. The van der Waals surface area contributed by atoms with E-state index < -0.39 is 5.41 Å². The van der Waals surface area contributed by atoms with Crippen LogP contribution in [0.4, 0.5) is 5.69 Å². The van der Waals surface area contributed by atoms with E-state index in [0.717, 1.165) is 62.0 Å². The number of carbonyl (C=O) groups excluding carboxylic acids is 1. The van der Waals surface area contributed by atoms with Crippen LogP contribution in [0.1, 0.15) is 57.1 Å². The van der Waals surface area contributed by atoms with Gasteiger partial charge in [0.2, 0.25) is 0 Å². The van der Waals surface area contributed by atoms with Crippen LogP contribution < -0.4 is 10.1 Å². The van der Waals surface area contributed by atoms with Gasteiger partial charge in [-0.3, -0.25) is 0 Å². The number of anilines is 1. The molecule has 2 N–H and O–H groups in total. The molecule has 0 heterocycles. The van der Waals surface area contributed by atoms with E-state index in [1.165, 1.54) is 17.5 Å². The van der Waals surface area contributed by atoms with Crippen LogP contribution in [0.5, 0.6) is 11.5 Å². The van der Waals surface area contributed by atoms with Crippen LogP contribution in [0.15, 0.2) is 60.8 Å². The van der Waals surface area contributed by atoms with Gasteiger partial charge in [-0.1, -0.05) is 57.9 Å². The molecule has 0 aromatic heterocycles. The van der Waals surface area contributed by atoms with Crippen molar-refractivity contribution in [2.75, 3.05) is 12.4 Å². The molecule has 4 nitrogen and oxygen atoms in total. The van der Waals surface area contributed by atoms with Gasteiger partial charge in [0.25, 0.3) is 0 Å². The van der Waals surface area contributed by atoms with E-state index in [-0.39, 0.29) is 0 Å². The van der Waals surface area contributed by atoms with Crippen LogP contribution in [-0.4, -0.2) is 18.5 Å². The lowest BCUT2D eigenvalue weighted by atomic mass is 9.73. The molecule has 2 aromatic rings. The van der Waals surface area contributed by atoms with Gasteiger partial charge in [-0.15, -0.1) is 0 Å². The zero-order chi connectivity index (χ0) is 23.6. The van der Waals surface area contributed by atoms with Crippen molar-refractivity contribution in [1.29, 1.82) is 0 Å². The number of aliphatic hydroxyl groups is 1. The van der Waals surface area contributed by atoms with Crippen molar-refractivity contribution in [1.82, 2.24) is 0 Å². The summed E-state index contributed by atoms with van der Waals surface area (Å²) < 4.78 is 6.06. The molecule has 1 saturated carbocycles. The first-order valence-electron chi connectivity index (χ1n) is 11.4. The average molecular weight is 436 g/mol. The summed E-state index contributed by atoms with van der Waals surface area (Å²) in [5, 5.41) is 10.3. The van der Waals surface area contributed by atoms with Gasteiger partial charge in [0.1, 0.15) is 17.8 Å². The normalized spacial score (nSPS) is 15.1. The zero-order valence-electron chi connectivity index (χ0n) is 19.9. The number of aryl methyl sites for hydroxylation is 1. The molecule has 0 saturated heterocycles. The van der Waals surface area contributed by atoms with Crippen molar-refractivity contribution in [2.45, 2.75) is 52.9 Å². The van der Waals surface area contributed by atoms with Crippen molar-refractivity contribution in [3.63, 3.8) is 0 Å². The standard InChI is InChI=1S/C27H33NO2.CH4O/c1-20(2)8-10-23-18-26(13-9-21(23)3)30-25-14-11-24(12-15-25)28-22(4)27(19-29)16-6-5-7-17-27;1-2/h8-15,18-20,28H,4-7,16-17H2,1-3H3;2H,1H3/b10-8-;. The Morgan fingerprint density at radius 2 is 1.69 bits per heavy atom. The Labute approximate surface area is 193 Å². The van der Waals surface area contributed by atoms with Crippen LogP contribution in [-0.2, 0) is 4.79 Å². The molecule has 32 heavy (non-hydrogen) atoms. The smallest absolute Gasteiger partial charge is 0.131 e. The van der Waals surface area contributed by atoms with Gasteiger partial charge in [0.15, 0.2) is 0 Å². The van der Waals surface area contributed by atoms with E-state index >= 15 is 0 Å². The Balaban J connectivity index is 0.00000176. The van der Waals surface area contributed by atoms with E-state index in [2.05, 4.69) is 57.0 Å². The third kappa shape index (κ3) is 6.83. The summed E-state index contributed by atoms with van der Waals surface area (Å²) in [6.07, 6.45) is 10.5. The van der Waals surface area contributed by atoms with Crippen molar-refractivity contribution in [3.05, 3.63) is 71.9 Å². The maximum absolute atomic E-state index is 11.8. The first-order valence-corrected chi connectivity index (χ1v) is 11.4. The molecule has 172 valence electrons. The Hall–Kier alpha value is -2.85. The maximum Gasteiger partial charge on any atom is 0.131 e. The molecule has 1 fully saturated rings. The van der Waals surface area contributed by atoms with Crippen molar-refractivity contribution in [3.8, 4) is 11.5 Å². The summed E-state index contributed by atoms with van der Waals surface area (Å²) in [6, 6.07) is 14.0. The largest absolute Gasteiger partial charge is 0.457 e. The second kappa shape index (κ2) is 12.3. The number of benzene rings is 2. The summed E-state index contributed by atoms with van der Waals surface area (Å²) in [5.74, 6) is 2.10. The number of carbonyl (C=O) groups is 1. The van der Waals surface area contributed by atoms with Crippen molar-refractivity contribution >= 4 is 18.0 Å². The second-order valence-electron chi connectivity index (χ2n) is 8.69. The molecule has 0 bridgehead atoms. The van der Waals surface area contributed by atoms with Crippen molar-refractivity contribution < 1.29 is 14.6 Å². The lowest BCUT2D eigenvalue weighted by molar-refractivity contribution is -0.115. The van der Waals surface area contributed by atoms with Crippen LogP contribution in [0.2, 0.25) is 0 Å². The minimum atomic E-state index is -0.435. The first kappa shape index (κ1) is 25.4. The van der Waals surface area contributed by atoms with E-state index in [4.69, 9.17) is 9.84 Å². The molecule has 0 radical (unpaired) electrons. The van der Waals surface area contributed by atoms with Gasteiger partial charge in [-0.2, -0.15) is 0 Å². The second-order valence-corrected chi connectivity index (χ2v) is 8.69. The Bertz CT molecular complexity index is 907. The zero-order valence-corrected chi connectivity index (χ0v) is 19.9. The number of hydrogen-bond acceptors (Lipinski definition) is 4. The number of aldehydes is 1. The van der Waals surface area contributed by atoms with E-state index in [0.29, 0.717) is 5.92 Å². The highest BCUT2D eigenvalue weighted by molar-refractivity contribution is 5.68.